The number of aromatic nitrogens is 1. The molecule has 8 nitrogen and oxygen atoms in total. The Bertz CT molecular complexity index is 1200. The summed E-state index contributed by atoms with van der Waals surface area (Å²) >= 11 is 0. The number of carbonyl (C=O) groups is 2. The molecule has 1 fully saturated rings. The van der Waals surface area contributed by atoms with E-state index in [0.717, 1.165) is 28.7 Å². The first-order chi connectivity index (χ1) is 16.9. The van der Waals surface area contributed by atoms with Crippen molar-refractivity contribution in [2.75, 3.05) is 18.4 Å². The Morgan fingerprint density at radius 2 is 1.86 bits per heavy atom. The van der Waals surface area contributed by atoms with Crippen LogP contribution in [0.15, 0.2) is 54.6 Å². The second kappa shape index (κ2) is 10.8. The Morgan fingerprint density at radius 1 is 1.11 bits per heavy atom. The maximum atomic E-state index is 13.0. The molecule has 3 N–H and O–H groups in total. The molecule has 0 saturated carbocycles. The zero-order chi connectivity index (χ0) is 24.9. The first-order valence-electron chi connectivity index (χ1n) is 11.9. The first kappa shape index (κ1) is 24.6. The van der Waals surface area contributed by atoms with Gasteiger partial charge >= 0.3 is 0 Å². The Kier molecular flexibility index (Phi) is 7.63. The van der Waals surface area contributed by atoms with Crippen molar-refractivity contribution in [3.05, 3.63) is 65.9 Å². The number of hydroxylamine groups is 1. The molecule has 0 spiro atoms. The van der Waals surface area contributed by atoms with Crippen LogP contribution in [0.2, 0.25) is 0 Å². The van der Waals surface area contributed by atoms with Gasteiger partial charge in [0.1, 0.15) is 12.4 Å². The molecule has 1 aromatic heterocycles. The van der Waals surface area contributed by atoms with Crippen molar-refractivity contribution in [3.8, 4) is 5.75 Å². The van der Waals surface area contributed by atoms with Crippen molar-refractivity contribution in [2.45, 2.75) is 39.8 Å². The number of amides is 2. The second-order valence-electron chi connectivity index (χ2n) is 9.31. The number of anilines is 1. The summed E-state index contributed by atoms with van der Waals surface area (Å²) in [6, 6.07) is 17.5. The van der Waals surface area contributed by atoms with E-state index < -0.39 is 17.7 Å². The van der Waals surface area contributed by atoms with Gasteiger partial charge in [-0.15, -0.1) is 0 Å². The van der Waals surface area contributed by atoms with Crippen molar-refractivity contribution >= 4 is 28.4 Å². The summed E-state index contributed by atoms with van der Waals surface area (Å²) in [7, 11) is 0. The lowest BCUT2D eigenvalue weighted by atomic mass is 9.83. The topological polar surface area (TPSA) is 104 Å². The number of ether oxygens (including phenoxy) is 1. The molecule has 0 unspecified atom stereocenters. The van der Waals surface area contributed by atoms with E-state index in [2.05, 4.69) is 29.0 Å². The van der Waals surface area contributed by atoms with Gasteiger partial charge in [0, 0.05) is 34.9 Å². The zero-order valence-electron chi connectivity index (χ0n) is 20.3. The van der Waals surface area contributed by atoms with Crippen molar-refractivity contribution in [1.29, 1.82) is 0 Å². The standard InChI is InChI=1S/C27H32N4O4/c1-17(2)31-13-12-23(24(15-31)27(33)30-34)26(32)29-20-8-10-21(11-9-20)35-16-19-14-18(3)28-25-7-5-4-6-22(19)25/h4-11,14,17,23-24,34H,12-13,15-16H2,1-3H3,(H,29,32)(H,30,33)/t23-,24-/m0/s1. The van der Waals surface area contributed by atoms with E-state index in [-0.39, 0.29) is 11.9 Å². The second-order valence-corrected chi connectivity index (χ2v) is 9.31. The van der Waals surface area contributed by atoms with Crippen LogP contribution in [-0.2, 0) is 16.2 Å². The average molecular weight is 477 g/mol. The third-order valence-electron chi connectivity index (χ3n) is 6.60. The van der Waals surface area contributed by atoms with Crippen molar-refractivity contribution in [1.82, 2.24) is 15.4 Å². The third-order valence-corrected chi connectivity index (χ3v) is 6.60. The summed E-state index contributed by atoms with van der Waals surface area (Å²) in [6.07, 6.45) is 0.544. The lowest BCUT2D eigenvalue weighted by molar-refractivity contribution is -0.142. The fourth-order valence-corrected chi connectivity index (χ4v) is 4.65. The van der Waals surface area contributed by atoms with Crippen LogP contribution in [0.25, 0.3) is 10.9 Å². The van der Waals surface area contributed by atoms with Crippen molar-refractivity contribution in [2.24, 2.45) is 11.8 Å². The number of fused-ring (bicyclic) bond motifs is 1. The Balaban J connectivity index is 1.39. The maximum Gasteiger partial charge on any atom is 0.248 e. The SMILES string of the molecule is Cc1cc(COc2ccc(NC(=O)[C@H]3CCN(C(C)C)C[C@@H]3C(=O)NO)cc2)c2ccccc2n1. The predicted octanol–water partition coefficient (Wildman–Crippen LogP) is 3.91. The van der Waals surface area contributed by atoms with E-state index in [9.17, 15) is 14.8 Å². The van der Waals surface area contributed by atoms with Gasteiger partial charge in [0.2, 0.25) is 11.8 Å². The van der Waals surface area contributed by atoms with Gasteiger partial charge in [0.15, 0.2) is 0 Å². The van der Waals surface area contributed by atoms with Crippen LogP contribution < -0.4 is 15.5 Å². The van der Waals surface area contributed by atoms with Crippen LogP contribution in [0.5, 0.6) is 5.75 Å². The molecule has 184 valence electrons. The highest BCUT2D eigenvalue weighted by Gasteiger charge is 2.39. The smallest absolute Gasteiger partial charge is 0.248 e. The lowest BCUT2D eigenvalue weighted by Crippen LogP contribution is -2.52. The van der Waals surface area contributed by atoms with E-state index in [0.29, 0.717) is 31.0 Å². The molecule has 2 amide bonds. The maximum absolute atomic E-state index is 13.0. The summed E-state index contributed by atoms with van der Waals surface area (Å²) in [4.78, 5) is 32.0. The molecule has 0 radical (unpaired) electrons. The highest BCUT2D eigenvalue weighted by molar-refractivity contribution is 5.96. The fraction of sp³-hybridized carbons (Fsp3) is 0.370. The van der Waals surface area contributed by atoms with Gasteiger partial charge in [0.05, 0.1) is 17.4 Å². The van der Waals surface area contributed by atoms with E-state index in [4.69, 9.17) is 4.74 Å². The van der Waals surface area contributed by atoms with E-state index in [1.165, 1.54) is 0 Å². The number of benzene rings is 2. The minimum Gasteiger partial charge on any atom is -0.489 e. The van der Waals surface area contributed by atoms with Crippen molar-refractivity contribution in [3.63, 3.8) is 0 Å². The number of nitrogens with zero attached hydrogens (tertiary/aromatic N) is 2. The number of pyridine rings is 1. The van der Waals surface area contributed by atoms with Gasteiger partial charge < -0.3 is 15.0 Å². The van der Waals surface area contributed by atoms with E-state index >= 15 is 0 Å². The minimum absolute atomic E-state index is 0.227. The van der Waals surface area contributed by atoms with Crippen LogP contribution in [0, 0.1) is 18.8 Å². The number of para-hydroxylation sites is 1. The summed E-state index contributed by atoms with van der Waals surface area (Å²) in [5, 5.41) is 13.1. The van der Waals surface area contributed by atoms with Crippen molar-refractivity contribution < 1.29 is 19.5 Å². The molecule has 2 aromatic carbocycles. The zero-order valence-corrected chi connectivity index (χ0v) is 20.3. The molecular weight excluding hydrogens is 444 g/mol. The Hall–Kier alpha value is -3.49. The number of hydrogen-bond acceptors (Lipinski definition) is 6. The van der Waals surface area contributed by atoms with Gasteiger partial charge in [-0.2, -0.15) is 0 Å². The molecule has 3 aromatic rings. The molecule has 1 aliphatic heterocycles. The Morgan fingerprint density at radius 3 is 2.57 bits per heavy atom. The molecule has 4 rings (SSSR count). The first-order valence-corrected chi connectivity index (χ1v) is 11.9. The highest BCUT2D eigenvalue weighted by Crippen LogP contribution is 2.28. The van der Waals surface area contributed by atoms with Gasteiger partial charge in [-0.25, -0.2) is 5.48 Å². The predicted molar refractivity (Wildman–Crippen MR) is 134 cm³/mol. The summed E-state index contributed by atoms with van der Waals surface area (Å²) in [5.41, 5.74) is 5.29. The molecule has 2 atom stereocenters. The largest absolute Gasteiger partial charge is 0.489 e. The molecule has 0 bridgehead atoms. The molecule has 2 heterocycles. The van der Waals surface area contributed by atoms with Crippen LogP contribution in [0.4, 0.5) is 5.69 Å². The van der Waals surface area contributed by atoms with Gasteiger partial charge in [0.25, 0.3) is 0 Å². The molecule has 8 heteroatoms. The van der Waals surface area contributed by atoms with Gasteiger partial charge in [-0.05, 0) is 70.1 Å². The van der Waals surface area contributed by atoms with Crippen LogP contribution >= 0.6 is 0 Å². The number of nitrogens with one attached hydrogen (secondary N) is 2. The average Bonchev–Trinajstić information content (AvgIpc) is 2.87. The molecule has 0 aliphatic carbocycles. The quantitative estimate of drug-likeness (QED) is 0.353. The lowest BCUT2D eigenvalue weighted by Gasteiger charge is -2.38. The Labute approximate surface area is 205 Å². The number of carbonyl (C=O) groups excluding carboxylic acids is 2. The van der Waals surface area contributed by atoms with Gasteiger partial charge in [-0.3, -0.25) is 19.8 Å². The number of aryl methyl sites for hydroxylation is 1. The molecule has 1 aliphatic rings. The normalized spacial score (nSPS) is 18.4. The number of rotatable bonds is 7. The summed E-state index contributed by atoms with van der Waals surface area (Å²) < 4.78 is 6.00. The highest BCUT2D eigenvalue weighted by atomic mass is 16.5. The van der Waals surface area contributed by atoms with E-state index in [1.54, 1.807) is 17.6 Å². The van der Waals surface area contributed by atoms with Crippen LogP contribution in [-0.4, -0.2) is 46.0 Å². The number of likely N-dealkylation sites (tertiary alicyclic amines) is 1. The summed E-state index contributed by atoms with van der Waals surface area (Å²) in [5.74, 6) is -1.20. The fourth-order valence-electron chi connectivity index (χ4n) is 4.65. The molecule has 35 heavy (non-hydrogen) atoms. The number of hydrogen-bond donors (Lipinski definition) is 3. The summed E-state index contributed by atoms with van der Waals surface area (Å²) in [6.45, 7) is 7.63. The van der Waals surface area contributed by atoms with E-state index in [1.807, 2.05) is 49.4 Å². The molecular formula is C27H32N4O4. The third kappa shape index (κ3) is 5.78. The van der Waals surface area contributed by atoms with Crippen LogP contribution in [0.1, 0.15) is 31.5 Å². The minimum atomic E-state index is -0.614. The monoisotopic (exact) mass is 476 g/mol. The van der Waals surface area contributed by atoms with Crippen LogP contribution in [0.3, 0.4) is 0 Å². The number of piperidine rings is 1. The molecule has 1 saturated heterocycles. The van der Waals surface area contributed by atoms with Gasteiger partial charge in [-0.1, -0.05) is 18.2 Å².